The Morgan fingerprint density at radius 2 is 2.07 bits per heavy atom. The smallest absolute Gasteiger partial charge is 0.320 e. The molecular formula is C20H25FN6O2. The Balaban J connectivity index is 1.55. The second-order valence-electron chi connectivity index (χ2n) is 8.07. The van der Waals surface area contributed by atoms with E-state index in [0.29, 0.717) is 31.3 Å². The number of likely N-dealkylation sites (tertiary alicyclic amines) is 2. The van der Waals surface area contributed by atoms with E-state index < -0.39 is 0 Å². The van der Waals surface area contributed by atoms with Crippen molar-refractivity contribution < 1.29 is 14.0 Å². The largest absolute Gasteiger partial charge is 0.342 e. The summed E-state index contributed by atoms with van der Waals surface area (Å²) in [7, 11) is 3.43. The Bertz CT molecular complexity index is 929. The predicted octanol–water partition coefficient (Wildman–Crippen LogP) is 1.61. The summed E-state index contributed by atoms with van der Waals surface area (Å²) in [5.74, 6) is 1.03. The van der Waals surface area contributed by atoms with E-state index in [9.17, 15) is 14.0 Å². The molecule has 0 bridgehead atoms. The Morgan fingerprint density at radius 1 is 1.28 bits per heavy atom. The first-order valence-corrected chi connectivity index (χ1v) is 9.72. The van der Waals surface area contributed by atoms with Crippen molar-refractivity contribution >= 4 is 11.9 Å². The van der Waals surface area contributed by atoms with E-state index in [2.05, 4.69) is 15.2 Å². The van der Waals surface area contributed by atoms with Gasteiger partial charge >= 0.3 is 6.03 Å². The molecule has 2 saturated heterocycles. The standard InChI is InChI=1S/C20H25FN6O2/c1-12-22-17(24-23-12)8-18(28)26-9-14-10-27(20(29)25(2)3)19(16(14)11-26)13-5-4-6-15(21)7-13/h4-7,14,16,19H,8-11H2,1-3H3,(H,22,23,24)/t14-,16-,19+/m1/s1. The monoisotopic (exact) mass is 400 g/mol. The van der Waals surface area contributed by atoms with E-state index in [1.807, 2.05) is 15.9 Å². The number of amides is 3. The van der Waals surface area contributed by atoms with Gasteiger partial charge < -0.3 is 14.7 Å². The van der Waals surface area contributed by atoms with E-state index in [1.165, 1.54) is 12.1 Å². The van der Waals surface area contributed by atoms with Crippen LogP contribution >= 0.6 is 0 Å². The summed E-state index contributed by atoms with van der Waals surface area (Å²) < 4.78 is 13.9. The number of rotatable bonds is 3. The zero-order valence-corrected chi connectivity index (χ0v) is 16.8. The molecule has 2 aromatic rings. The summed E-state index contributed by atoms with van der Waals surface area (Å²) in [6, 6.07) is 6.06. The molecule has 3 amide bonds. The fourth-order valence-electron chi connectivity index (χ4n) is 4.54. The highest BCUT2D eigenvalue weighted by molar-refractivity contribution is 5.79. The number of fused-ring (bicyclic) bond motifs is 1. The lowest BCUT2D eigenvalue weighted by atomic mass is 9.89. The first-order valence-electron chi connectivity index (χ1n) is 9.72. The minimum absolute atomic E-state index is 0.0260. The van der Waals surface area contributed by atoms with Gasteiger partial charge in [0.25, 0.3) is 0 Å². The fourth-order valence-corrected chi connectivity index (χ4v) is 4.54. The van der Waals surface area contributed by atoms with Crippen molar-refractivity contribution in [1.82, 2.24) is 29.9 Å². The van der Waals surface area contributed by atoms with Crippen LogP contribution in [0.2, 0.25) is 0 Å². The SMILES string of the molecule is Cc1nc(CC(=O)N2C[C@@H]3CN(C(=O)N(C)C)[C@@H](c4cccc(F)c4)[C@@H]3C2)n[nH]1. The third kappa shape index (κ3) is 3.68. The fraction of sp³-hybridized carbons (Fsp3) is 0.500. The summed E-state index contributed by atoms with van der Waals surface area (Å²) in [5, 5.41) is 6.79. The minimum atomic E-state index is -0.325. The highest BCUT2D eigenvalue weighted by Gasteiger charge is 2.50. The van der Waals surface area contributed by atoms with Gasteiger partial charge in [0.05, 0.1) is 12.5 Å². The molecular weight excluding hydrogens is 375 g/mol. The van der Waals surface area contributed by atoms with Crippen LogP contribution in [-0.4, -0.2) is 75.5 Å². The first kappa shape index (κ1) is 19.4. The molecule has 0 saturated carbocycles. The molecule has 3 atom stereocenters. The number of nitrogens with one attached hydrogen (secondary N) is 1. The molecule has 1 N–H and O–H groups in total. The maximum absolute atomic E-state index is 13.9. The zero-order chi connectivity index (χ0) is 20.7. The Kier molecular flexibility index (Phi) is 4.97. The molecule has 2 aliphatic heterocycles. The van der Waals surface area contributed by atoms with Gasteiger partial charge in [-0.1, -0.05) is 12.1 Å². The number of aromatic nitrogens is 3. The molecule has 0 aliphatic carbocycles. The van der Waals surface area contributed by atoms with Gasteiger partial charge in [0.15, 0.2) is 5.82 Å². The van der Waals surface area contributed by atoms with Gasteiger partial charge in [-0.2, -0.15) is 5.10 Å². The lowest BCUT2D eigenvalue weighted by Crippen LogP contribution is -2.42. The van der Waals surface area contributed by atoms with E-state index >= 15 is 0 Å². The number of hydrogen-bond donors (Lipinski definition) is 1. The number of nitrogens with zero attached hydrogens (tertiary/aromatic N) is 5. The van der Waals surface area contributed by atoms with Crippen LogP contribution in [0.5, 0.6) is 0 Å². The van der Waals surface area contributed by atoms with Gasteiger partial charge in [0.1, 0.15) is 11.6 Å². The van der Waals surface area contributed by atoms with Crippen molar-refractivity contribution in [2.75, 3.05) is 33.7 Å². The van der Waals surface area contributed by atoms with E-state index in [0.717, 1.165) is 5.56 Å². The number of hydrogen-bond acceptors (Lipinski definition) is 4. The third-order valence-corrected chi connectivity index (χ3v) is 5.79. The third-order valence-electron chi connectivity index (χ3n) is 5.79. The molecule has 154 valence electrons. The molecule has 8 nitrogen and oxygen atoms in total. The number of H-pyrrole nitrogens is 1. The molecule has 0 unspecified atom stereocenters. The number of urea groups is 1. The van der Waals surface area contributed by atoms with Crippen molar-refractivity contribution in [2.45, 2.75) is 19.4 Å². The zero-order valence-electron chi connectivity index (χ0n) is 16.8. The molecule has 3 heterocycles. The van der Waals surface area contributed by atoms with Crippen LogP contribution in [0.1, 0.15) is 23.3 Å². The van der Waals surface area contributed by atoms with E-state index in [4.69, 9.17) is 0 Å². The summed E-state index contributed by atoms with van der Waals surface area (Å²) in [6.45, 7) is 3.45. The van der Waals surface area contributed by atoms with Gasteiger partial charge in [-0.15, -0.1) is 0 Å². The van der Waals surface area contributed by atoms with Crippen LogP contribution in [-0.2, 0) is 11.2 Å². The molecule has 1 aromatic heterocycles. The number of carbonyl (C=O) groups is 2. The van der Waals surface area contributed by atoms with Gasteiger partial charge in [0, 0.05) is 45.6 Å². The quantitative estimate of drug-likeness (QED) is 0.848. The van der Waals surface area contributed by atoms with E-state index in [1.54, 1.807) is 32.0 Å². The molecule has 0 spiro atoms. The molecule has 29 heavy (non-hydrogen) atoms. The van der Waals surface area contributed by atoms with Crippen molar-refractivity contribution in [3.8, 4) is 0 Å². The van der Waals surface area contributed by atoms with Crippen LogP contribution in [0.15, 0.2) is 24.3 Å². The summed E-state index contributed by atoms with van der Waals surface area (Å²) in [5.41, 5.74) is 0.770. The molecule has 9 heteroatoms. The van der Waals surface area contributed by atoms with Gasteiger partial charge in [-0.25, -0.2) is 14.2 Å². The minimum Gasteiger partial charge on any atom is -0.342 e. The maximum atomic E-state index is 13.9. The summed E-state index contributed by atoms with van der Waals surface area (Å²) >= 11 is 0. The lowest BCUT2D eigenvalue weighted by Gasteiger charge is -2.31. The van der Waals surface area contributed by atoms with Crippen LogP contribution < -0.4 is 0 Å². The van der Waals surface area contributed by atoms with Crippen LogP contribution in [0.4, 0.5) is 9.18 Å². The van der Waals surface area contributed by atoms with Crippen molar-refractivity contribution in [3.05, 3.63) is 47.3 Å². The van der Waals surface area contributed by atoms with Crippen LogP contribution in [0, 0.1) is 24.6 Å². The van der Waals surface area contributed by atoms with Crippen LogP contribution in [0.25, 0.3) is 0 Å². The molecule has 1 aromatic carbocycles. The molecule has 2 fully saturated rings. The average Bonchev–Trinajstić information content (AvgIpc) is 3.34. The second kappa shape index (κ2) is 7.46. The average molecular weight is 400 g/mol. The Hall–Kier alpha value is -2.97. The second-order valence-corrected chi connectivity index (χ2v) is 8.07. The number of aromatic amines is 1. The summed E-state index contributed by atoms with van der Waals surface area (Å²) in [4.78, 5) is 34.9. The van der Waals surface area contributed by atoms with Gasteiger partial charge in [-0.05, 0) is 24.6 Å². The van der Waals surface area contributed by atoms with Crippen molar-refractivity contribution in [3.63, 3.8) is 0 Å². The van der Waals surface area contributed by atoms with Crippen LogP contribution in [0.3, 0.4) is 0 Å². The summed E-state index contributed by atoms with van der Waals surface area (Å²) in [6.07, 6.45) is 0.148. The Morgan fingerprint density at radius 3 is 2.72 bits per heavy atom. The number of benzene rings is 1. The Labute approximate surface area is 168 Å². The first-order chi connectivity index (χ1) is 13.8. The number of halogens is 1. The molecule has 4 rings (SSSR count). The van der Waals surface area contributed by atoms with Crippen molar-refractivity contribution in [1.29, 1.82) is 0 Å². The highest BCUT2D eigenvalue weighted by atomic mass is 19.1. The number of carbonyl (C=O) groups excluding carboxylic acids is 2. The highest BCUT2D eigenvalue weighted by Crippen LogP contribution is 2.45. The number of aryl methyl sites for hydroxylation is 1. The predicted molar refractivity (Wildman–Crippen MR) is 103 cm³/mol. The van der Waals surface area contributed by atoms with E-state index in [-0.39, 0.29) is 42.1 Å². The van der Waals surface area contributed by atoms with Gasteiger partial charge in [-0.3, -0.25) is 9.89 Å². The van der Waals surface area contributed by atoms with Crippen molar-refractivity contribution in [2.24, 2.45) is 11.8 Å². The topological polar surface area (TPSA) is 85.4 Å². The maximum Gasteiger partial charge on any atom is 0.320 e. The lowest BCUT2D eigenvalue weighted by molar-refractivity contribution is -0.130. The molecule has 0 radical (unpaired) electrons. The van der Waals surface area contributed by atoms with Gasteiger partial charge in [0.2, 0.25) is 5.91 Å². The normalized spacial score (nSPS) is 23.4. The molecule has 2 aliphatic rings.